The zero-order chi connectivity index (χ0) is 14.7. The van der Waals surface area contributed by atoms with Crippen LogP contribution in [0.2, 0.25) is 0 Å². The van der Waals surface area contributed by atoms with Crippen LogP contribution < -0.4 is 0 Å². The molecule has 2 aromatic rings. The first kappa shape index (κ1) is 13.8. The Balaban J connectivity index is 1.66. The van der Waals surface area contributed by atoms with Crippen LogP contribution in [0.25, 0.3) is 5.57 Å². The zero-order valence-electron chi connectivity index (χ0n) is 11.8. The lowest BCUT2D eigenvalue weighted by atomic mass is 9.99. The van der Waals surface area contributed by atoms with Crippen molar-refractivity contribution in [2.45, 2.75) is 13.0 Å². The summed E-state index contributed by atoms with van der Waals surface area (Å²) in [4.78, 5) is 2.24. The van der Waals surface area contributed by atoms with Gasteiger partial charge in [0.25, 0.3) is 0 Å². The molecule has 1 N–H and O–H groups in total. The summed E-state index contributed by atoms with van der Waals surface area (Å²) in [7, 11) is 0. The fourth-order valence-corrected chi connectivity index (χ4v) is 2.66. The summed E-state index contributed by atoms with van der Waals surface area (Å²) < 4.78 is 13.7. The first-order valence-corrected chi connectivity index (χ1v) is 7.16. The highest BCUT2D eigenvalue weighted by Gasteiger charge is 2.14. The summed E-state index contributed by atoms with van der Waals surface area (Å²) in [5.41, 5.74) is 3.19. The molecule has 3 rings (SSSR count). The zero-order valence-corrected chi connectivity index (χ0v) is 11.8. The molecule has 0 atom stereocenters. The van der Waals surface area contributed by atoms with Gasteiger partial charge in [0.2, 0.25) is 0 Å². The molecule has 0 aromatic heterocycles. The molecule has 0 amide bonds. The van der Waals surface area contributed by atoms with Gasteiger partial charge in [-0.25, -0.2) is 4.39 Å². The average molecular weight is 283 g/mol. The number of hydrogen-bond acceptors (Lipinski definition) is 2. The van der Waals surface area contributed by atoms with E-state index in [1.807, 2.05) is 24.3 Å². The van der Waals surface area contributed by atoms with Crippen molar-refractivity contribution in [3.8, 4) is 5.75 Å². The Hall–Kier alpha value is -2.13. The lowest BCUT2D eigenvalue weighted by molar-refractivity contribution is 0.289. The van der Waals surface area contributed by atoms with Gasteiger partial charge in [-0.05, 0) is 35.8 Å². The Morgan fingerprint density at radius 1 is 1.05 bits per heavy atom. The van der Waals surface area contributed by atoms with Crippen LogP contribution in [0, 0.1) is 5.82 Å². The molecule has 0 spiro atoms. The van der Waals surface area contributed by atoms with E-state index in [1.165, 1.54) is 11.6 Å². The number of phenolic OH excluding ortho intramolecular Hbond substituents is 1. The Morgan fingerprint density at radius 2 is 1.81 bits per heavy atom. The molecule has 2 nitrogen and oxygen atoms in total. The lowest BCUT2D eigenvalue weighted by Crippen LogP contribution is -2.28. The van der Waals surface area contributed by atoms with Gasteiger partial charge in [-0.15, -0.1) is 0 Å². The summed E-state index contributed by atoms with van der Waals surface area (Å²) in [5, 5.41) is 9.32. The molecule has 0 saturated carbocycles. The number of nitrogens with zero attached hydrogens (tertiary/aromatic N) is 1. The number of rotatable bonds is 3. The molecule has 1 aliphatic rings. The van der Waals surface area contributed by atoms with Crippen molar-refractivity contribution in [3.63, 3.8) is 0 Å². The summed E-state index contributed by atoms with van der Waals surface area (Å²) >= 11 is 0. The van der Waals surface area contributed by atoms with E-state index in [0.29, 0.717) is 6.54 Å². The van der Waals surface area contributed by atoms with E-state index < -0.39 is 0 Å². The van der Waals surface area contributed by atoms with Gasteiger partial charge in [0.05, 0.1) is 0 Å². The first-order valence-electron chi connectivity index (χ1n) is 7.16. The van der Waals surface area contributed by atoms with E-state index in [9.17, 15) is 9.50 Å². The quantitative estimate of drug-likeness (QED) is 0.925. The molecular formula is C18H18FNO. The molecule has 21 heavy (non-hydrogen) atoms. The van der Waals surface area contributed by atoms with Gasteiger partial charge in [-0.2, -0.15) is 0 Å². The van der Waals surface area contributed by atoms with Crippen LogP contribution in [0.1, 0.15) is 17.5 Å². The Morgan fingerprint density at radius 3 is 2.48 bits per heavy atom. The maximum atomic E-state index is 13.7. The minimum absolute atomic E-state index is 0.134. The molecule has 108 valence electrons. The van der Waals surface area contributed by atoms with Gasteiger partial charge in [0.1, 0.15) is 11.6 Å². The van der Waals surface area contributed by atoms with E-state index in [2.05, 4.69) is 11.0 Å². The van der Waals surface area contributed by atoms with E-state index in [-0.39, 0.29) is 11.6 Å². The van der Waals surface area contributed by atoms with Crippen LogP contribution in [0.5, 0.6) is 5.75 Å². The van der Waals surface area contributed by atoms with Crippen molar-refractivity contribution in [2.75, 3.05) is 13.1 Å². The number of benzene rings is 2. The fraction of sp³-hybridized carbons (Fsp3) is 0.222. The summed E-state index contributed by atoms with van der Waals surface area (Å²) in [6.07, 6.45) is 3.13. The maximum Gasteiger partial charge on any atom is 0.127 e. The van der Waals surface area contributed by atoms with Crippen LogP contribution in [-0.4, -0.2) is 23.1 Å². The van der Waals surface area contributed by atoms with E-state index in [4.69, 9.17) is 0 Å². The average Bonchev–Trinajstić information content (AvgIpc) is 2.51. The number of halogens is 1. The van der Waals surface area contributed by atoms with Crippen LogP contribution in [0.3, 0.4) is 0 Å². The van der Waals surface area contributed by atoms with Crippen LogP contribution >= 0.6 is 0 Å². The van der Waals surface area contributed by atoms with Gasteiger partial charge < -0.3 is 5.11 Å². The molecule has 0 saturated heterocycles. The fourth-order valence-electron chi connectivity index (χ4n) is 2.66. The maximum absolute atomic E-state index is 13.7. The van der Waals surface area contributed by atoms with E-state index in [1.54, 1.807) is 18.2 Å². The molecule has 0 fully saturated rings. The van der Waals surface area contributed by atoms with Gasteiger partial charge in [-0.3, -0.25) is 4.90 Å². The molecule has 3 heteroatoms. The van der Waals surface area contributed by atoms with Crippen LogP contribution in [-0.2, 0) is 6.54 Å². The molecule has 0 radical (unpaired) electrons. The largest absolute Gasteiger partial charge is 0.508 e. The van der Waals surface area contributed by atoms with Crippen LogP contribution in [0.15, 0.2) is 54.6 Å². The van der Waals surface area contributed by atoms with Crippen molar-refractivity contribution >= 4 is 5.57 Å². The molecule has 0 bridgehead atoms. The highest BCUT2D eigenvalue weighted by atomic mass is 19.1. The first-order chi connectivity index (χ1) is 10.2. The van der Waals surface area contributed by atoms with E-state index in [0.717, 1.165) is 30.6 Å². The third kappa shape index (κ3) is 3.31. The second kappa shape index (κ2) is 6.10. The van der Waals surface area contributed by atoms with Crippen molar-refractivity contribution in [1.29, 1.82) is 0 Å². The number of hydrogen-bond donors (Lipinski definition) is 1. The predicted molar refractivity (Wildman–Crippen MR) is 82.4 cm³/mol. The second-order valence-electron chi connectivity index (χ2n) is 5.35. The molecule has 2 aromatic carbocycles. The normalized spacial score (nSPS) is 15.8. The molecule has 1 aliphatic heterocycles. The highest BCUT2D eigenvalue weighted by Crippen LogP contribution is 2.24. The standard InChI is InChI=1S/C18H18FNO/c19-18-4-2-1-3-16(18)13-20-11-9-15(10-12-20)14-5-7-17(21)8-6-14/h1-9,21H,10-13H2. The van der Waals surface area contributed by atoms with Crippen molar-refractivity contribution in [1.82, 2.24) is 4.90 Å². The van der Waals surface area contributed by atoms with Gasteiger partial charge >= 0.3 is 0 Å². The minimum atomic E-state index is -0.134. The van der Waals surface area contributed by atoms with Crippen molar-refractivity contribution in [2.24, 2.45) is 0 Å². The van der Waals surface area contributed by atoms with Crippen molar-refractivity contribution in [3.05, 3.63) is 71.6 Å². The predicted octanol–water partition coefficient (Wildman–Crippen LogP) is 3.82. The summed E-state index contributed by atoms with van der Waals surface area (Å²) in [6, 6.07) is 14.2. The smallest absolute Gasteiger partial charge is 0.127 e. The molecular weight excluding hydrogens is 265 g/mol. The molecule has 0 aliphatic carbocycles. The Labute approximate surface area is 124 Å². The highest BCUT2D eigenvalue weighted by molar-refractivity contribution is 5.67. The Kier molecular flexibility index (Phi) is 4.02. The topological polar surface area (TPSA) is 23.5 Å². The summed E-state index contributed by atoms with van der Waals surface area (Å²) in [6.45, 7) is 2.39. The van der Waals surface area contributed by atoms with Crippen LogP contribution in [0.4, 0.5) is 4.39 Å². The number of aromatic hydroxyl groups is 1. The second-order valence-corrected chi connectivity index (χ2v) is 5.35. The SMILES string of the molecule is Oc1ccc(C2=CCN(Cc3ccccc3F)CC2)cc1. The minimum Gasteiger partial charge on any atom is -0.508 e. The lowest BCUT2D eigenvalue weighted by Gasteiger charge is -2.26. The van der Waals surface area contributed by atoms with E-state index >= 15 is 0 Å². The van der Waals surface area contributed by atoms with Gasteiger partial charge in [-0.1, -0.05) is 36.4 Å². The third-order valence-electron chi connectivity index (χ3n) is 3.88. The van der Waals surface area contributed by atoms with Crippen molar-refractivity contribution < 1.29 is 9.50 Å². The monoisotopic (exact) mass is 283 g/mol. The Bertz CT molecular complexity index is 649. The van der Waals surface area contributed by atoms with Gasteiger partial charge in [0, 0.05) is 25.2 Å². The van der Waals surface area contributed by atoms with Gasteiger partial charge in [0.15, 0.2) is 0 Å². The third-order valence-corrected chi connectivity index (χ3v) is 3.88. The summed E-state index contributed by atoms with van der Waals surface area (Å²) in [5.74, 6) is 0.155. The molecule has 1 heterocycles. The molecule has 0 unspecified atom stereocenters. The number of phenols is 1.